The smallest absolute Gasteiger partial charge is 0.190 e. The van der Waals surface area contributed by atoms with Crippen LogP contribution in [-0.4, -0.2) is 40.6 Å². The summed E-state index contributed by atoms with van der Waals surface area (Å²) < 4.78 is 16.7. The fourth-order valence-corrected chi connectivity index (χ4v) is 2.62. The molecule has 2 N–H and O–H groups in total. The minimum absolute atomic E-state index is 0.557. The highest BCUT2D eigenvalue weighted by Gasteiger charge is 2.56. The van der Waals surface area contributed by atoms with Crippen LogP contribution in [0.15, 0.2) is 30.3 Å². The first kappa shape index (κ1) is 13.0. The molecule has 0 saturated carbocycles. The summed E-state index contributed by atoms with van der Waals surface area (Å²) in [5, 5.41) is 20.5. The molecule has 2 aliphatic rings. The Labute approximate surface area is 111 Å². The van der Waals surface area contributed by atoms with Crippen LogP contribution in [0.5, 0.6) is 0 Å². The van der Waals surface area contributed by atoms with E-state index in [0.717, 1.165) is 0 Å². The van der Waals surface area contributed by atoms with Gasteiger partial charge in [0.2, 0.25) is 0 Å². The first-order valence-corrected chi connectivity index (χ1v) is 6.40. The normalized spacial score (nSPS) is 38.1. The van der Waals surface area contributed by atoms with Crippen LogP contribution >= 0.6 is 0 Å². The van der Waals surface area contributed by atoms with E-state index in [1.807, 2.05) is 18.2 Å². The third-order valence-electron chi connectivity index (χ3n) is 3.50. The predicted octanol–water partition coefficient (Wildman–Crippen LogP) is 0.957. The summed E-state index contributed by atoms with van der Waals surface area (Å²) in [6.07, 6.45) is -3.75. The van der Waals surface area contributed by atoms with Gasteiger partial charge in [-0.05, 0) is 19.4 Å². The monoisotopic (exact) mass is 266 g/mol. The van der Waals surface area contributed by atoms with E-state index in [1.165, 1.54) is 0 Å². The standard InChI is InChI=1S/C14H18O5/c1-14(2)18-12-10(16)11(17-13(12)19-14)9(15)8-6-4-3-5-7-8/h3-7,9-13,15-16H,1-2H3/t9?,10-,11+,12+,13+/m0/s1. The van der Waals surface area contributed by atoms with Gasteiger partial charge in [-0.1, -0.05) is 30.3 Å². The van der Waals surface area contributed by atoms with Gasteiger partial charge in [0, 0.05) is 0 Å². The van der Waals surface area contributed by atoms with E-state index in [-0.39, 0.29) is 0 Å². The van der Waals surface area contributed by atoms with Gasteiger partial charge in [-0.25, -0.2) is 0 Å². The molecule has 1 aromatic rings. The second-order valence-electron chi connectivity index (χ2n) is 5.42. The van der Waals surface area contributed by atoms with Gasteiger partial charge in [-0.15, -0.1) is 0 Å². The van der Waals surface area contributed by atoms with Crippen LogP contribution in [0.1, 0.15) is 25.5 Å². The fourth-order valence-electron chi connectivity index (χ4n) is 2.62. The SMILES string of the molecule is CC1(C)O[C@H]2O[C@H](C(O)c3ccccc3)[C@H](O)[C@H]2O1. The Kier molecular flexibility index (Phi) is 3.11. The maximum Gasteiger partial charge on any atom is 0.190 e. The molecule has 19 heavy (non-hydrogen) atoms. The summed E-state index contributed by atoms with van der Waals surface area (Å²) in [6.45, 7) is 3.54. The van der Waals surface area contributed by atoms with Gasteiger partial charge >= 0.3 is 0 Å². The lowest BCUT2D eigenvalue weighted by Crippen LogP contribution is -2.37. The van der Waals surface area contributed by atoms with Crippen molar-refractivity contribution in [2.24, 2.45) is 0 Å². The maximum atomic E-state index is 10.3. The molecule has 0 bridgehead atoms. The molecular weight excluding hydrogens is 248 g/mol. The molecule has 2 fully saturated rings. The summed E-state index contributed by atoms with van der Waals surface area (Å²) in [7, 11) is 0. The minimum atomic E-state index is -0.915. The van der Waals surface area contributed by atoms with E-state index in [4.69, 9.17) is 14.2 Å². The Hall–Kier alpha value is -0.980. The second-order valence-corrected chi connectivity index (χ2v) is 5.42. The van der Waals surface area contributed by atoms with Crippen LogP contribution < -0.4 is 0 Å². The lowest BCUT2D eigenvalue weighted by molar-refractivity contribution is -0.226. The van der Waals surface area contributed by atoms with Gasteiger partial charge in [-0.3, -0.25) is 0 Å². The van der Waals surface area contributed by atoms with Gasteiger partial charge in [0.15, 0.2) is 12.1 Å². The number of aliphatic hydroxyl groups excluding tert-OH is 2. The summed E-state index contributed by atoms with van der Waals surface area (Å²) in [4.78, 5) is 0. The zero-order valence-corrected chi connectivity index (χ0v) is 10.9. The van der Waals surface area contributed by atoms with Crippen LogP contribution in [0.4, 0.5) is 0 Å². The van der Waals surface area contributed by atoms with E-state index in [2.05, 4.69) is 0 Å². The van der Waals surface area contributed by atoms with Gasteiger partial charge < -0.3 is 24.4 Å². The Morgan fingerprint density at radius 1 is 1.16 bits per heavy atom. The molecule has 5 nitrogen and oxygen atoms in total. The molecule has 104 valence electrons. The lowest BCUT2D eigenvalue weighted by atomic mass is 9.99. The van der Waals surface area contributed by atoms with Crippen molar-refractivity contribution in [3.63, 3.8) is 0 Å². The molecule has 2 aliphatic heterocycles. The van der Waals surface area contributed by atoms with Crippen molar-refractivity contribution in [2.45, 2.75) is 50.3 Å². The molecule has 0 aliphatic carbocycles. The zero-order chi connectivity index (χ0) is 13.6. The van der Waals surface area contributed by atoms with E-state index >= 15 is 0 Å². The molecule has 3 rings (SSSR count). The van der Waals surface area contributed by atoms with Gasteiger partial charge in [0.25, 0.3) is 0 Å². The highest BCUT2D eigenvalue weighted by atomic mass is 16.8. The third kappa shape index (κ3) is 2.28. The van der Waals surface area contributed by atoms with Gasteiger partial charge in [-0.2, -0.15) is 0 Å². The molecule has 0 spiro atoms. The Balaban J connectivity index is 1.75. The Morgan fingerprint density at radius 3 is 2.47 bits per heavy atom. The second kappa shape index (κ2) is 4.54. The summed E-state index contributed by atoms with van der Waals surface area (Å²) in [5.74, 6) is -0.765. The van der Waals surface area contributed by atoms with E-state index in [1.54, 1.807) is 26.0 Å². The zero-order valence-electron chi connectivity index (χ0n) is 10.9. The van der Waals surface area contributed by atoms with Crippen molar-refractivity contribution >= 4 is 0 Å². The average molecular weight is 266 g/mol. The number of rotatable bonds is 2. The molecule has 2 saturated heterocycles. The first-order chi connectivity index (χ1) is 8.98. The van der Waals surface area contributed by atoms with Crippen LogP contribution in [0.25, 0.3) is 0 Å². The number of fused-ring (bicyclic) bond motifs is 1. The predicted molar refractivity (Wildman–Crippen MR) is 66.1 cm³/mol. The molecular formula is C14H18O5. The summed E-state index contributed by atoms with van der Waals surface area (Å²) in [6, 6.07) is 9.11. The number of aliphatic hydroxyl groups is 2. The van der Waals surface area contributed by atoms with Crippen LogP contribution in [0.3, 0.4) is 0 Å². The lowest BCUT2D eigenvalue weighted by Gasteiger charge is -2.26. The van der Waals surface area contributed by atoms with Crippen molar-refractivity contribution in [3.05, 3.63) is 35.9 Å². The van der Waals surface area contributed by atoms with Crippen LogP contribution in [-0.2, 0) is 14.2 Å². The number of ether oxygens (including phenoxy) is 3. The van der Waals surface area contributed by atoms with Crippen molar-refractivity contribution in [2.75, 3.05) is 0 Å². The Bertz CT molecular complexity index is 446. The fraction of sp³-hybridized carbons (Fsp3) is 0.571. The number of hydrogen-bond donors (Lipinski definition) is 2. The van der Waals surface area contributed by atoms with E-state index in [0.29, 0.717) is 5.56 Å². The molecule has 0 radical (unpaired) electrons. The van der Waals surface area contributed by atoms with Crippen LogP contribution in [0.2, 0.25) is 0 Å². The largest absolute Gasteiger partial charge is 0.387 e. The van der Waals surface area contributed by atoms with Crippen molar-refractivity contribution in [1.29, 1.82) is 0 Å². The third-order valence-corrected chi connectivity index (χ3v) is 3.50. The average Bonchev–Trinajstić information content (AvgIpc) is 2.84. The topological polar surface area (TPSA) is 68.2 Å². The first-order valence-electron chi connectivity index (χ1n) is 6.40. The maximum absolute atomic E-state index is 10.3. The summed E-state index contributed by atoms with van der Waals surface area (Å²) >= 11 is 0. The minimum Gasteiger partial charge on any atom is -0.387 e. The highest BCUT2D eigenvalue weighted by molar-refractivity contribution is 5.19. The molecule has 0 amide bonds. The molecule has 0 aromatic heterocycles. The molecule has 1 unspecified atom stereocenters. The Morgan fingerprint density at radius 2 is 1.84 bits per heavy atom. The summed E-state index contributed by atoms with van der Waals surface area (Å²) in [5.41, 5.74) is 0.700. The van der Waals surface area contributed by atoms with E-state index < -0.39 is 36.5 Å². The number of hydrogen-bond acceptors (Lipinski definition) is 5. The van der Waals surface area contributed by atoms with Crippen molar-refractivity contribution in [3.8, 4) is 0 Å². The van der Waals surface area contributed by atoms with Gasteiger partial charge in [0.1, 0.15) is 24.4 Å². The quantitative estimate of drug-likeness (QED) is 0.834. The van der Waals surface area contributed by atoms with Crippen LogP contribution in [0, 0.1) is 0 Å². The molecule has 5 heteroatoms. The van der Waals surface area contributed by atoms with Crippen molar-refractivity contribution < 1.29 is 24.4 Å². The molecule has 2 heterocycles. The van der Waals surface area contributed by atoms with Gasteiger partial charge in [0.05, 0.1) is 0 Å². The molecule has 1 aromatic carbocycles. The number of benzene rings is 1. The highest BCUT2D eigenvalue weighted by Crippen LogP contribution is 2.40. The van der Waals surface area contributed by atoms with E-state index in [9.17, 15) is 10.2 Å². The van der Waals surface area contributed by atoms with Crippen molar-refractivity contribution in [1.82, 2.24) is 0 Å². The molecule has 5 atom stereocenters.